The summed E-state index contributed by atoms with van der Waals surface area (Å²) in [5, 5.41) is 0. The molecule has 112 valence electrons. The van der Waals surface area contributed by atoms with E-state index in [0.29, 0.717) is 20.0 Å². The van der Waals surface area contributed by atoms with Gasteiger partial charge in [-0.15, -0.1) is 0 Å². The molecule has 0 heterocycles. The van der Waals surface area contributed by atoms with E-state index in [1.807, 2.05) is 38.1 Å². The largest absolute Gasteiger partial charge is 0.494 e. The van der Waals surface area contributed by atoms with Gasteiger partial charge in [-0.05, 0) is 55.7 Å². The zero-order valence-electron chi connectivity index (χ0n) is 12.7. The molecule has 0 bridgehead atoms. The Morgan fingerprint density at radius 2 is 1.19 bits per heavy atom. The van der Waals surface area contributed by atoms with Gasteiger partial charge in [0.05, 0.1) is 6.61 Å². The lowest BCUT2D eigenvalue weighted by Crippen LogP contribution is -2.01. The lowest BCUT2D eigenvalue weighted by Gasteiger charge is -2.08. The predicted molar refractivity (Wildman–Crippen MR) is 84.0 cm³/mol. The van der Waals surface area contributed by atoms with E-state index in [1.165, 1.54) is 11.1 Å². The van der Waals surface area contributed by atoms with Crippen molar-refractivity contribution in [1.82, 2.24) is 0 Å². The van der Waals surface area contributed by atoms with E-state index in [2.05, 4.69) is 24.3 Å². The predicted octanol–water partition coefficient (Wildman–Crippen LogP) is 4.05. The topological polar surface area (TPSA) is 27.7 Å². The first-order chi connectivity index (χ1) is 10.3. The normalized spacial score (nSPS) is 10.4. The maximum Gasteiger partial charge on any atom is 0.189 e. The second-order valence-electron chi connectivity index (χ2n) is 4.65. The van der Waals surface area contributed by atoms with E-state index < -0.39 is 0 Å². The molecule has 0 amide bonds. The minimum Gasteiger partial charge on any atom is -0.494 e. The molecule has 0 aliphatic rings. The number of hydrogen-bond donors (Lipinski definition) is 0. The standard InChI is InChI=1S/C18H22O3/c1-3-19-14-21-18-11-7-16(8-12-18)13-15-5-9-17(10-6-15)20-4-2/h5-12H,3-4,13-14H2,1-2H3. The Labute approximate surface area is 126 Å². The average Bonchev–Trinajstić information content (AvgIpc) is 2.51. The van der Waals surface area contributed by atoms with Gasteiger partial charge < -0.3 is 14.2 Å². The van der Waals surface area contributed by atoms with Gasteiger partial charge in [0.2, 0.25) is 0 Å². The van der Waals surface area contributed by atoms with Crippen LogP contribution in [0, 0.1) is 0 Å². The van der Waals surface area contributed by atoms with Crippen molar-refractivity contribution in [2.45, 2.75) is 20.3 Å². The van der Waals surface area contributed by atoms with Crippen molar-refractivity contribution in [3.05, 3.63) is 59.7 Å². The van der Waals surface area contributed by atoms with E-state index in [0.717, 1.165) is 17.9 Å². The summed E-state index contributed by atoms with van der Waals surface area (Å²) in [6.45, 7) is 5.60. The van der Waals surface area contributed by atoms with Crippen LogP contribution in [-0.4, -0.2) is 20.0 Å². The minimum absolute atomic E-state index is 0.300. The monoisotopic (exact) mass is 286 g/mol. The molecule has 21 heavy (non-hydrogen) atoms. The maximum atomic E-state index is 5.46. The summed E-state index contributed by atoms with van der Waals surface area (Å²) in [7, 11) is 0. The molecule has 0 atom stereocenters. The fraction of sp³-hybridized carbons (Fsp3) is 0.333. The molecule has 0 fully saturated rings. The highest BCUT2D eigenvalue weighted by atomic mass is 16.7. The van der Waals surface area contributed by atoms with Crippen molar-refractivity contribution in [2.75, 3.05) is 20.0 Å². The van der Waals surface area contributed by atoms with Gasteiger partial charge in [0, 0.05) is 6.61 Å². The summed E-state index contributed by atoms with van der Waals surface area (Å²) in [6, 6.07) is 16.3. The summed E-state index contributed by atoms with van der Waals surface area (Å²) in [5.74, 6) is 1.75. The molecule has 0 radical (unpaired) electrons. The first kappa shape index (κ1) is 15.4. The fourth-order valence-corrected chi connectivity index (χ4v) is 2.00. The Morgan fingerprint density at radius 1 is 0.667 bits per heavy atom. The fourth-order valence-electron chi connectivity index (χ4n) is 2.00. The molecule has 2 aromatic rings. The Bertz CT molecular complexity index is 517. The van der Waals surface area contributed by atoms with Gasteiger partial charge in [-0.3, -0.25) is 0 Å². The second kappa shape index (κ2) is 8.32. The molecule has 0 N–H and O–H groups in total. The summed E-state index contributed by atoms with van der Waals surface area (Å²) in [4.78, 5) is 0. The summed E-state index contributed by atoms with van der Waals surface area (Å²) in [6.07, 6.45) is 0.901. The van der Waals surface area contributed by atoms with Crippen LogP contribution < -0.4 is 9.47 Å². The Morgan fingerprint density at radius 3 is 1.67 bits per heavy atom. The molecule has 0 aromatic heterocycles. The molecule has 0 aliphatic carbocycles. The van der Waals surface area contributed by atoms with E-state index in [9.17, 15) is 0 Å². The molecule has 2 aromatic carbocycles. The summed E-state index contributed by atoms with van der Waals surface area (Å²) >= 11 is 0. The molecule has 3 heteroatoms. The van der Waals surface area contributed by atoms with Crippen LogP contribution in [0.15, 0.2) is 48.5 Å². The third-order valence-corrected chi connectivity index (χ3v) is 3.08. The van der Waals surface area contributed by atoms with Crippen LogP contribution in [-0.2, 0) is 11.2 Å². The van der Waals surface area contributed by atoms with Crippen LogP contribution in [0.1, 0.15) is 25.0 Å². The van der Waals surface area contributed by atoms with Crippen molar-refractivity contribution in [3.8, 4) is 11.5 Å². The first-order valence-corrected chi connectivity index (χ1v) is 7.33. The summed E-state index contributed by atoms with van der Waals surface area (Å²) < 4.78 is 16.1. The lowest BCUT2D eigenvalue weighted by atomic mass is 10.0. The van der Waals surface area contributed by atoms with Crippen LogP contribution in [0.25, 0.3) is 0 Å². The maximum absolute atomic E-state index is 5.46. The Hall–Kier alpha value is -2.00. The number of rotatable bonds is 8. The summed E-state index contributed by atoms with van der Waals surface area (Å²) in [5.41, 5.74) is 2.52. The van der Waals surface area contributed by atoms with Crippen LogP contribution in [0.3, 0.4) is 0 Å². The first-order valence-electron chi connectivity index (χ1n) is 7.33. The number of hydrogen-bond acceptors (Lipinski definition) is 3. The van der Waals surface area contributed by atoms with Crippen molar-refractivity contribution < 1.29 is 14.2 Å². The molecule has 0 saturated heterocycles. The van der Waals surface area contributed by atoms with Gasteiger partial charge in [-0.2, -0.15) is 0 Å². The third-order valence-electron chi connectivity index (χ3n) is 3.08. The minimum atomic E-state index is 0.300. The van der Waals surface area contributed by atoms with Gasteiger partial charge in [-0.1, -0.05) is 24.3 Å². The smallest absolute Gasteiger partial charge is 0.189 e. The van der Waals surface area contributed by atoms with Crippen molar-refractivity contribution >= 4 is 0 Å². The lowest BCUT2D eigenvalue weighted by molar-refractivity contribution is 0.0224. The molecule has 3 nitrogen and oxygen atoms in total. The SMILES string of the molecule is CCOCOc1ccc(Cc2ccc(OCC)cc2)cc1. The van der Waals surface area contributed by atoms with Gasteiger partial charge >= 0.3 is 0 Å². The van der Waals surface area contributed by atoms with E-state index in [-0.39, 0.29) is 0 Å². The zero-order valence-corrected chi connectivity index (χ0v) is 12.7. The highest BCUT2D eigenvalue weighted by Gasteiger charge is 1.99. The van der Waals surface area contributed by atoms with E-state index in [1.54, 1.807) is 0 Å². The van der Waals surface area contributed by atoms with Crippen LogP contribution in [0.5, 0.6) is 11.5 Å². The van der Waals surface area contributed by atoms with Gasteiger partial charge in [0.25, 0.3) is 0 Å². The van der Waals surface area contributed by atoms with Gasteiger partial charge in [0.1, 0.15) is 11.5 Å². The number of ether oxygens (including phenoxy) is 3. The van der Waals surface area contributed by atoms with Crippen molar-refractivity contribution in [2.24, 2.45) is 0 Å². The second-order valence-corrected chi connectivity index (χ2v) is 4.65. The van der Waals surface area contributed by atoms with Crippen LogP contribution in [0.4, 0.5) is 0 Å². The van der Waals surface area contributed by atoms with Crippen LogP contribution in [0.2, 0.25) is 0 Å². The zero-order chi connectivity index (χ0) is 14.9. The van der Waals surface area contributed by atoms with Crippen molar-refractivity contribution in [1.29, 1.82) is 0 Å². The molecule has 0 spiro atoms. The number of benzene rings is 2. The molecule has 0 unspecified atom stereocenters. The Balaban J connectivity index is 1.90. The molecule has 0 aliphatic heterocycles. The van der Waals surface area contributed by atoms with E-state index >= 15 is 0 Å². The molecule has 0 saturated carbocycles. The highest BCUT2D eigenvalue weighted by molar-refractivity contribution is 5.34. The van der Waals surface area contributed by atoms with Gasteiger partial charge in [0.15, 0.2) is 6.79 Å². The quantitative estimate of drug-likeness (QED) is 0.541. The molecular formula is C18H22O3. The third kappa shape index (κ3) is 5.12. The average molecular weight is 286 g/mol. The van der Waals surface area contributed by atoms with Crippen LogP contribution >= 0.6 is 0 Å². The van der Waals surface area contributed by atoms with E-state index in [4.69, 9.17) is 14.2 Å². The van der Waals surface area contributed by atoms with Gasteiger partial charge in [-0.25, -0.2) is 0 Å². The van der Waals surface area contributed by atoms with Crippen molar-refractivity contribution in [3.63, 3.8) is 0 Å². The highest BCUT2D eigenvalue weighted by Crippen LogP contribution is 2.17. The Kier molecular flexibility index (Phi) is 6.10. The molecular weight excluding hydrogens is 264 g/mol. The molecule has 2 rings (SSSR count).